The first-order chi connectivity index (χ1) is 12.8. The normalized spacial score (nSPS) is 21.4. The molecule has 144 valence electrons. The highest BCUT2D eigenvalue weighted by Crippen LogP contribution is 2.40. The number of carboxylic acids is 1. The van der Waals surface area contributed by atoms with Crippen LogP contribution in [-0.2, 0) is 30.3 Å². The van der Waals surface area contributed by atoms with Crippen molar-refractivity contribution in [3.05, 3.63) is 17.1 Å². The largest absolute Gasteiger partial charge is 0.477 e. The molecule has 2 aliphatic heterocycles. The molecular weight excluding hydrogens is 382 g/mol. The molecule has 1 unspecified atom stereocenters. The smallest absolute Gasteiger partial charge is 0.352 e. The van der Waals surface area contributed by atoms with E-state index >= 15 is 0 Å². The van der Waals surface area contributed by atoms with Gasteiger partial charge in [0.2, 0.25) is 5.91 Å². The number of carboxylic acid groups (broad SMARTS) is 1. The van der Waals surface area contributed by atoms with Gasteiger partial charge >= 0.3 is 18.0 Å². The Labute approximate surface area is 156 Å². The number of nitrogens with one attached hydrogen (secondary N) is 1. The molecule has 13 heteroatoms. The molecule has 12 nitrogen and oxygen atoms in total. The summed E-state index contributed by atoms with van der Waals surface area (Å²) in [5, 5.41) is 14.9. The Hall–Kier alpha value is -3.09. The van der Waals surface area contributed by atoms with E-state index in [4.69, 9.17) is 10.5 Å². The second-order valence-corrected chi connectivity index (χ2v) is 6.82. The van der Waals surface area contributed by atoms with Crippen LogP contribution in [0.3, 0.4) is 0 Å². The zero-order valence-corrected chi connectivity index (χ0v) is 14.8. The molecule has 0 spiro atoms. The standard InChI is InChI=1S/C14H15N5O7S/c1-5(20)25-3-6-4-27-12-9(11(22)19(12)10(6)13(23)24)17-8(21)2-7-16-14(15)26-18-7/h9,12H,2-4H2,1H3,(H,17,21)(H,23,24)(H2,15,16,18)/t9-,12?/m0/s1. The Kier molecular flexibility index (Phi) is 5.03. The summed E-state index contributed by atoms with van der Waals surface area (Å²) in [5.41, 5.74) is 5.37. The third-order valence-corrected chi connectivity index (χ3v) is 5.16. The molecule has 0 bridgehead atoms. The fourth-order valence-corrected chi connectivity index (χ4v) is 4.02. The molecule has 1 aromatic rings. The molecule has 0 aliphatic carbocycles. The van der Waals surface area contributed by atoms with Crippen LogP contribution in [0.2, 0.25) is 0 Å². The van der Waals surface area contributed by atoms with Gasteiger partial charge in [-0.15, -0.1) is 11.8 Å². The minimum Gasteiger partial charge on any atom is -0.477 e. The number of nitrogens with zero attached hydrogens (tertiary/aromatic N) is 3. The fraction of sp³-hybridized carbons (Fsp3) is 0.429. The summed E-state index contributed by atoms with van der Waals surface area (Å²) in [7, 11) is 0. The van der Waals surface area contributed by atoms with Crippen molar-refractivity contribution in [1.82, 2.24) is 20.4 Å². The summed E-state index contributed by atoms with van der Waals surface area (Å²) in [4.78, 5) is 51.8. The zero-order valence-electron chi connectivity index (χ0n) is 14.0. The minimum atomic E-state index is -1.30. The van der Waals surface area contributed by atoms with Gasteiger partial charge in [0.1, 0.15) is 23.7 Å². The summed E-state index contributed by atoms with van der Waals surface area (Å²) in [6, 6.07) is -1.06. The highest BCUT2D eigenvalue weighted by Gasteiger charge is 2.54. The van der Waals surface area contributed by atoms with Crippen molar-refractivity contribution in [2.45, 2.75) is 24.8 Å². The SMILES string of the molecule is CC(=O)OCC1=C(C(=O)O)N2C(=O)[C@H](NC(=O)Cc3noc(N)n3)C2SC1. The van der Waals surface area contributed by atoms with Crippen LogP contribution < -0.4 is 11.1 Å². The molecule has 3 heterocycles. The number of ether oxygens (including phenoxy) is 1. The van der Waals surface area contributed by atoms with Crippen molar-refractivity contribution in [2.24, 2.45) is 0 Å². The van der Waals surface area contributed by atoms with Crippen molar-refractivity contribution < 1.29 is 33.5 Å². The molecule has 4 N–H and O–H groups in total. The van der Waals surface area contributed by atoms with Gasteiger partial charge in [-0.1, -0.05) is 5.16 Å². The number of hydrogen-bond donors (Lipinski definition) is 3. The van der Waals surface area contributed by atoms with Crippen LogP contribution in [0.4, 0.5) is 6.01 Å². The van der Waals surface area contributed by atoms with Crippen LogP contribution >= 0.6 is 11.8 Å². The number of thioether (sulfide) groups is 1. The molecule has 1 saturated heterocycles. The van der Waals surface area contributed by atoms with E-state index in [1.54, 1.807) is 0 Å². The Morgan fingerprint density at radius 1 is 1.48 bits per heavy atom. The van der Waals surface area contributed by atoms with E-state index in [9.17, 15) is 24.3 Å². The van der Waals surface area contributed by atoms with Gasteiger partial charge in [0, 0.05) is 18.2 Å². The van der Waals surface area contributed by atoms with E-state index in [1.165, 1.54) is 18.7 Å². The van der Waals surface area contributed by atoms with Gasteiger partial charge in [0.05, 0.1) is 6.42 Å². The lowest BCUT2D eigenvalue weighted by Crippen LogP contribution is -2.70. The number of esters is 1. The monoisotopic (exact) mass is 397 g/mol. The van der Waals surface area contributed by atoms with E-state index in [-0.39, 0.29) is 36.3 Å². The first-order valence-corrected chi connectivity index (χ1v) is 8.73. The third-order valence-electron chi connectivity index (χ3n) is 3.82. The number of nitrogens with two attached hydrogens (primary N) is 1. The highest BCUT2D eigenvalue weighted by atomic mass is 32.2. The maximum absolute atomic E-state index is 12.4. The maximum Gasteiger partial charge on any atom is 0.352 e. The number of carbonyl (C=O) groups is 4. The summed E-state index contributed by atoms with van der Waals surface area (Å²) < 4.78 is 9.41. The predicted molar refractivity (Wildman–Crippen MR) is 88.7 cm³/mol. The Morgan fingerprint density at radius 2 is 2.22 bits per heavy atom. The molecule has 2 amide bonds. The van der Waals surface area contributed by atoms with Gasteiger partial charge in [-0.3, -0.25) is 19.3 Å². The molecule has 3 rings (SSSR count). The quantitative estimate of drug-likeness (QED) is 0.375. The second kappa shape index (κ2) is 7.26. The van der Waals surface area contributed by atoms with Crippen molar-refractivity contribution in [1.29, 1.82) is 0 Å². The highest BCUT2D eigenvalue weighted by molar-refractivity contribution is 8.00. The lowest BCUT2D eigenvalue weighted by atomic mass is 10.0. The minimum absolute atomic E-state index is 0.0692. The van der Waals surface area contributed by atoms with Gasteiger partial charge < -0.3 is 25.4 Å². The van der Waals surface area contributed by atoms with Crippen LogP contribution in [0.15, 0.2) is 15.8 Å². The Morgan fingerprint density at radius 3 is 2.81 bits per heavy atom. The van der Waals surface area contributed by atoms with Gasteiger partial charge in [-0.2, -0.15) is 4.98 Å². The molecule has 2 atom stereocenters. The average molecular weight is 397 g/mol. The summed E-state index contributed by atoms with van der Waals surface area (Å²) in [5.74, 6) is -2.63. The van der Waals surface area contributed by atoms with Crippen molar-refractivity contribution >= 4 is 41.5 Å². The summed E-state index contributed by atoms with van der Waals surface area (Å²) >= 11 is 1.27. The molecule has 27 heavy (non-hydrogen) atoms. The number of β-lactam (4-membered cyclic amide) rings is 1. The second-order valence-electron chi connectivity index (χ2n) is 5.72. The predicted octanol–water partition coefficient (Wildman–Crippen LogP) is -1.50. The van der Waals surface area contributed by atoms with Crippen molar-refractivity contribution in [2.75, 3.05) is 18.1 Å². The van der Waals surface area contributed by atoms with E-state index in [0.29, 0.717) is 5.57 Å². The zero-order chi connectivity index (χ0) is 19.7. The molecular formula is C14H15N5O7S. The van der Waals surface area contributed by atoms with Crippen molar-refractivity contribution in [3.8, 4) is 0 Å². The average Bonchev–Trinajstić information content (AvgIpc) is 3.01. The number of anilines is 1. The molecule has 2 aliphatic rings. The van der Waals surface area contributed by atoms with E-state index in [2.05, 4.69) is 20.0 Å². The summed E-state index contributed by atoms with van der Waals surface area (Å²) in [6.45, 7) is 0.994. The van der Waals surface area contributed by atoms with E-state index < -0.39 is 35.2 Å². The maximum atomic E-state index is 12.4. The number of carbonyl (C=O) groups excluding carboxylic acids is 3. The van der Waals surface area contributed by atoms with Gasteiger partial charge in [0.25, 0.3) is 5.91 Å². The van der Waals surface area contributed by atoms with Crippen LogP contribution in [0.1, 0.15) is 12.7 Å². The molecule has 1 aromatic heterocycles. The first-order valence-electron chi connectivity index (χ1n) is 7.68. The number of rotatable bonds is 6. The lowest BCUT2D eigenvalue weighted by Gasteiger charge is -2.49. The Balaban J connectivity index is 1.68. The lowest BCUT2D eigenvalue weighted by molar-refractivity contribution is -0.151. The number of amides is 2. The van der Waals surface area contributed by atoms with Crippen LogP contribution in [-0.4, -0.2) is 67.7 Å². The molecule has 0 aromatic carbocycles. The fourth-order valence-electron chi connectivity index (χ4n) is 2.69. The number of aromatic nitrogens is 2. The van der Waals surface area contributed by atoms with Crippen LogP contribution in [0.5, 0.6) is 0 Å². The third kappa shape index (κ3) is 3.72. The molecule has 0 radical (unpaired) electrons. The Bertz CT molecular complexity index is 851. The number of fused-ring (bicyclic) bond motifs is 1. The van der Waals surface area contributed by atoms with Crippen molar-refractivity contribution in [3.63, 3.8) is 0 Å². The summed E-state index contributed by atoms with van der Waals surface area (Å²) in [6.07, 6.45) is -0.235. The van der Waals surface area contributed by atoms with Crippen LogP contribution in [0, 0.1) is 0 Å². The number of nitrogen functional groups attached to an aromatic ring is 1. The van der Waals surface area contributed by atoms with E-state index in [0.717, 1.165) is 4.90 Å². The van der Waals surface area contributed by atoms with E-state index in [1.807, 2.05) is 0 Å². The molecule has 1 fully saturated rings. The number of hydrogen-bond acceptors (Lipinski definition) is 10. The van der Waals surface area contributed by atoms with Gasteiger partial charge in [-0.25, -0.2) is 4.79 Å². The van der Waals surface area contributed by atoms with Gasteiger partial charge in [-0.05, 0) is 0 Å². The first kappa shape index (κ1) is 18.7. The molecule has 0 saturated carbocycles. The topological polar surface area (TPSA) is 178 Å². The van der Waals surface area contributed by atoms with Crippen LogP contribution in [0.25, 0.3) is 0 Å². The van der Waals surface area contributed by atoms with Gasteiger partial charge in [0.15, 0.2) is 5.82 Å². The number of aliphatic carboxylic acids is 1.